The molecule has 1 aliphatic carbocycles. The van der Waals surface area contributed by atoms with Gasteiger partial charge in [0.15, 0.2) is 0 Å². The number of nitrogens with two attached hydrogens (primary N) is 1. The van der Waals surface area contributed by atoms with Crippen molar-refractivity contribution in [2.75, 3.05) is 26.2 Å². The zero-order valence-electron chi connectivity index (χ0n) is 12.2. The Labute approximate surface area is 115 Å². The lowest BCUT2D eigenvalue weighted by Crippen LogP contribution is -2.57. The third kappa shape index (κ3) is 3.26. The number of carbonyl (C=O) groups excluding carboxylic acids is 2. The van der Waals surface area contributed by atoms with Crippen molar-refractivity contribution in [3.63, 3.8) is 0 Å². The molecule has 5 nitrogen and oxygen atoms in total. The molecule has 0 aromatic carbocycles. The molecule has 1 atom stereocenters. The summed E-state index contributed by atoms with van der Waals surface area (Å²) in [6.07, 6.45) is 2.07. The van der Waals surface area contributed by atoms with Crippen LogP contribution < -0.4 is 5.73 Å². The molecule has 2 N–H and O–H groups in total. The van der Waals surface area contributed by atoms with Crippen LogP contribution in [0.5, 0.6) is 0 Å². The molecule has 5 heteroatoms. The Hall–Kier alpha value is -1.10. The molecule has 1 saturated heterocycles. The Morgan fingerprint density at radius 2 is 1.53 bits per heavy atom. The fourth-order valence-corrected chi connectivity index (χ4v) is 2.30. The normalized spacial score (nSPS) is 22.3. The highest BCUT2D eigenvalue weighted by atomic mass is 16.2. The molecule has 0 aromatic heterocycles. The molecule has 2 amide bonds. The van der Waals surface area contributed by atoms with Crippen LogP contribution in [0.1, 0.15) is 33.6 Å². The fourth-order valence-electron chi connectivity index (χ4n) is 2.30. The lowest BCUT2D eigenvalue weighted by molar-refractivity contribution is -0.142. The van der Waals surface area contributed by atoms with Crippen LogP contribution in [-0.4, -0.2) is 53.8 Å². The average molecular weight is 267 g/mol. The highest BCUT2D eigenvalue weighted by molar-refractivity contribution is 5.84. The van der Waals surface area contributed by atoms with Crippen LogP contribution >= 0.6 is 0 Å². The molecule has 1 aliphatic heterocycles. The van der Waals surface area contributed by atoms with Crippen molar-refractivity contribution in [2.45, 2.75) is 39.7 Å². The van der Waals surface area contributed by atoms with Crippen LogP contribution in [0, 0.1) is 11.3 Å². The van der Waals surface area contributed by atoms with Gasteiger partial charge in [-0.2, -0.15) is 0 Å². The quantitative estimate of drug-likeness (QED) is 0.789. The van der Waals surface area contributed by atoms with E-state index in [9.17, 15) is 9.59 Å². The summed E-state index contributed by atoms with van der Waals surface area (Å²) in [6.45, 7) is 8.45. The molecule has 0 spiro atoms. The van der Waals surface area contributed by atoms with Crippen molar-refractivity contribution in [3.8, 4) is 0 Å². The second kappa shape index (κ2) is 5.12. The highest BCUT2D eigenvalue weighted by Gasteiger charge is 2.37. The van der Waals surface area contributed by atoms with Crippen molar-refractivity contribution in [2.24, 2.45) is 17.1 Å². The zero-order valence-corrected chi connectivity index (χ0v) is 12.2. The third-order valence-corrected chi connectivity index (χ3v) is 4.03. The molecule has 2 fully saturated rings. The molecule has 0 bridgehead atoms. The third-order valence-electron chi connectivity index (χ3n) is 4.03. The van der Waals surface area contributed by atoms with Crippen LogP contribution in [0.15, 0.2) is 0 Å². The Balaban J connectivity index is 1.85. The van der Waals surface area contributed by atoms with Gasteiger partial charge in [0.1, 0.15) is 0 Å². The van der Waals surface area contributed by atoms with Crippen molar-refractivity contribution < 1.29 is 9.59 Å². The number of amides is 2. The number of carbonyl (C=O) groups is 2. The SMILES string of the molecule is CC(C)(C)[C@@H](N)C(=O)N1CCN(C(=O)C2CC2)CC1. The summed E-state index contributed by atoms with van der Waals surface area (Å²) in [5.74, 6) is 0.539. The van der Waals surface area contributed by atoms with Gasteiger partial charge in [-0.1, -0.05) is 20.8 Å². The molecule has 0 radical (unpaired) electrons. The number of hydrogen-bond acceptors (Lipinski definition) is 3. The first-order chi connectivity index (χ1) is 8.80. The maximum atomic E-state index is 12.3. The number of nitrogens with zero attached hydrogens (tertiary/aromatic N) is 2. The first kappa shape index (κ1) is 14.3. The van der Waals surface area contributed by atoms with Crippen LogP contribution in [0.4, 0.5) is 0 Å². The molecule has 0 unspecified atom stereocenters. The smallest absolute Gasteiger partial charge is 0.240 e. The minimum atomic E-state index is -0.474. The minimum absolute atomic E-state index is 0.00557. The van der Waals surface area contributed by atoms with Gasteiger partial charge in [0.2, 0.25) is 11.8 Å². The van der Waals surface area contributed by atoms with Gasteiger partial charge in [0.05, 0.1) is 6.04 Å². The largest absolute Gasteiger partial charge is 0.339 e. The Kier molecular flexibility index (Phi) is 3.85. The second-order valence-electron chi connectivity index (χ2n) is 6.77. The van der Waals surface area contributed by atoms with Crippen LogP contribution in [0.2, 0.25) is 0 Å². The maximum Gasteiger partial charge on any atom is 0.240 e. The summed E-state index contributed by atoms with van der Waals surface area (Å²) in [5.41, 5.74) is 5.78. The van der Waals surface area contributed by atoms with Gasteiger partial charge in [-0.15, -0.1) is 0 Å². The minimum Gasteiger partial charge on any atom is -0.339 e. The summed E-state index contributed by atoms with van der Waals surface area (Å²) >= 11 is 0. The Bertz CT molecular complexity index is 363. The first-order valence-corrected chi connectivity index (χ1v) is 7.14. The molecule has 1 saturated carbocycles. The van der Waals surface area contributed by atoms with E-state index in [0.717, 1.165) is 12.8 Å². The van der Waals surface area contributed by atoms with E-state index in [1.54, 1.807) is 4.90 Å². The van der Waals surface area contributed by atoms with Crippen molar-refractivity contribution in [3.05, 3.63) is 0 Å². The van der Waals surface area contributed by atoms with Gasteiger partial charge in [-0.3, -0.25) is 9.59 Å². The monoisotopic (exact) mass is 267 g/mol. The van der Waals surface area contributed by atoms with Gasteiger partial charge >= 0.3 is 0 Å². The topological polar surface area (TPSA) is 66.6 Å². The van der Waals surface area contributed by atoms with Gasteiger partial charge in [0, 0.05) is 32.1 Å². The summed E-state index contributed by atoms with van der Waals surface area (Å²) in [4.78, 5) is 27.9. The van der Waals surface area contributed by atoms with E-state index in [4.69, 9.17) is 5.73 Å². The molecule has 19 heavy (non-hydrogen) atoms. The van der Waals surface area contributed by atoms with Crippen LogP contribution in [0.3, 0.4) is 0 Å². The van der Waals surface area contributed by atoms with E-state index >= 15 is 0 Å². The second-order valence-corrected chi connectivity index (χ2v) is 6.77. The van der Waals surface area contributed by atoms with Crippen LogP contribution in [-0.2, 0) is 9.59 Å². The first-order valence-electron chi connectivity index (χ1n) is 7.14. The summed E-state index contributed by atoms with van der Waals surface area (Å²) in [6, 6.07) is -0.474. The van der Waals surface area contributed by atoms with Crippen LogP contribution in [0.25, 0.3) is 0 Å². The summed E-state index contributed by atoms with van der Waals surface area (Å²) in [5, 5.41) is 0. The number of piperazine rings is 1. The Morgan fingerprint density at radius 3 is 1.95 bits per heavy atom. The van der Waals surface area contributed by atoms with Crippen molar-refractivity contribution in [1.82, 2.24) is 9.80 Å². The molecule has 2 rings (SSSR count). The predicted molar refractivity (Wildman–Crippen MR) is 73.3 cm³/mol. The zero-order chi connectivity index (χ0) is 14.2. The molecular formula is C14H25N3O2. The van der Waals surface area contributed by atoms with Gasteiger partial charge in [0.25, 0.3) is 0 Å². The lowest BCUT2D eigenvalue weighted by Gasteiger charge is -2.38. The molecular weight excluding hydrogens is 242 g/mol. The standard InChI is InChI=1S/C14H25N3O2/c1-14(2,3)11(15)13(19)17-8-6-16(7-9-17)12(18)10-4-5-10/h10-11H,4-9,15H2,1-3H3/t11-/m0/s1. The highest BCUT2D eigenvalue weighted by Crippen LogP contribution is 2.31. The number of hydrogen-bond donors (Lipinski definition) is 1. The van der Waals surface area contributed by atoms with E-state index in [-0.39, 0.29) is 23.1 Å². The van der Waals surface area contributed by atoms with E-state index in [1.807, 2.05) is 25.7 Å². The summed E-state index contributed by atoms with van der Waals surface area (Å²) in [7, 11) is 0. The van der Waals surface area contributed by atoms with Gasteiger partial charge in [-0.05, 0) is 18.3 Å². The van der Waals surface area contributed by atoms with Gasteiger partial charge in [-0.25, -0.2) is 0 Å². The van der Waals surface area contributed by atoms with Crippen molar-refractivity contribution in [1.29, 1.82) is 0 Å². The molecule has 108 valence electrons. The van der Waals surface area contributed by atoms with E-state index in [2.05, 4.69) is 0 Å². The maximum absolute atomic E-state index is 12.3. The molecule has 2 aliphatic rings. The summed E-state index contributed by atoms with van der Waals surface area (Å²) < 4.78 is 0. The fraction of sp³-hybridized carbons (Fsp3) is 0.857. The molecule has 1 heterocycles. The average Bonchev–Trinajstić information content (AvgIpc) is 3.19. The molecule has 0 aromatic rings. The van der Waals surface area contributed by atoms with E-state index in [0.29, 0.717) is 26.2 Å². The number of rotatable bonds is 2. The van der Waals surface area contributed by atoms with E-state index in [1.165, 1.54) is 0 Å². The Morgan fingerprint density at radius 1 is 1.05 bits per heavy atom. The van der Waals surface area contributed by atoms with Crippen molar-refractivity contribution >= 4 is 11.8 Å². The lowest BCUT2D eigenvalue weighted by atomic mass is 9.86. The van der Waals surface area contributed by atoms with E-state index < -0.39 is 6.04 Å². The predicted octanol–water partition coefficient (Wildman–Crippen LogP) is 0.441. The van der Waals surface area contributed by atoms with Gasteiger partial charge < -0.3 is 15.5 Å².